The molecule has 0 amide bonds. The third-order valence-corrected chi connectivity index (χ3v) is 3.76. The van der Waals surface area contributed by atoms with Crippen molar-refractivity contribution in [2.75, 3.05) is 6.61 Å². The zero-order valence-corrected chi connectivity index (χ0v) is 10.5. The zero-order valence-electron chi connectivity index (χ0n) is 9.73. The quantitative estimate of drug-likeness (QED) is 0.549. The maximum Gasteiger partial charge on any atom is 0.303 e. The SMILES string of the molecule is CC(=O)OCC(OC(C)=O)SC1CCCC1. The maximum absolute atomic E-state index is 10.9. The Bertz CT molecular complexity index is 248. The van der Waals surface area contributed by atoms with E-state index in [-0.39, 0.29) is 24.0 Å². The molecule has 0 aromatic carbocycles. The fourth-order valence-corrected chi connectivity index (χ4v) is 3.08. The molecule has 1 unspecified atom stereocenters. The lowest BCUT2D eigenvalue weighted by Gasteiger charge is -2.19. The normalized spacial score (nSPS) is 18.1. The number of esters is 2. The van der Waals surface area contributed by atoms with Crippen LogP contribution in [-0.4, -0.2) is 29.2 Å². The lowest BCUT2D eigenvalue weighted by atomic mass is 10.4. The van der Waals surface area contributed by atoms with E-state index in [0.717, 1.165) is 12.8 Å². The Balaban J connectivity index is 2.35. The molecule has 0 radical (unpaired) electrons. The van der Waals surface area contributed by atoms with Gasteiger partial charge in [-0.15, -0.1) is 11.8 Å². The summed E-state index contributed by atoms with van der Waals surface area (Å²) in [6.07, 6.45) is 4.78. The van der Waals surface area contributed by atoms with Crippen LogP contribution < -0.4 is 0 Å². The molecule has 0 heterocycles. The van der Waals surface area contributed by atoms with Crippen LogP contribution in [0.5, 0.6) is 0 Å². The topological polar surface area (TPSA) is 52.6 Å². The van der Waals surface area contributed by atoms with Crippen LogP contribution in [0.25, 0.3) is 0 Å². The van der Waals surface area contributed by atoms with Crippen LogP contribution in [0.2, 0.25) is 0 Å². The highest BCUT2D eigenvalue weighted by Crippen LogP contribution is 2.32. The van der Waals surface area contributed by atoms with Gasteiger partial charge in [-0.1, -0.05) is 12.8 Å². The van der Waals surface area contributed by atoms with Gasteiger partial charge in [-0.25, -0.2) is 0 Å². The summed E-state index contributed by atoms with van der Waals surface area (Å²) in [7, 11) is 0. The van der Waals surface area contributed by atoms with E-state index in [1.54, 1.807) is 11.8 Å². The van der Waals surface area contributed by atoms with Crippen LogP contribution >= 0.6 is 11.8 Å². The molecule has 0 bridgehead atoms. The summed E-state index contributed by atoms with van der Waals surface area (Å²) in [6.45, 7) is 2.87. The summed E-state index contributed by atoms with van der Waals surface area (Å²) in [4.78, 5) is 21.6. The van der Waals surface area contributed by atoms with Gasteiger partial charge in [0.15, 0.2) is 5.44 Å². The fraction of sp³-hybridized carbons (Fsp3) is 0.818. The maximum atomic E-state index is 10.9. The molecule has 0 spiro atoms. The molecule has 0 aromatic rings. The van der Waals surface area contributed by atoms with Gasteiger partial charge in [-0.05, 0) is 12.8 Å². The van der Waals surface area contributed by atoms with Crippen molar-refractivity contribution in [3.63, 3.8) is 0 Å². The zero-order chi connectivity index (χ0) is 12.0. The third-order valence-electron chi connectivity index (χ3n) is 2.37. The number of carbonyl (C=O) groups is 2. The fourth-order valence-electron chi connectivity index (χ4n) is 1.71. The molecule has 4 nitrogen and oxygen atoms in total. The van der Waals surface area contributed by atoms with E-state index in [0.29, 0.717) is 5.25 Å². The summed E-state index contributed by atoms with van der Waals surface area (Å²) in [5, 5.41) is 0.528. The number of thioether (sulfide) groups is 1. The Labute approximate surface area is 100 Å². The molecule has 1 fully saturated rings. The molecule has 0 saturated heterocycles. The summed E-state index contributed by atoms with van der Waals surface area (Å²) < 4.78 is 9.99. The van der Waals surface area contributed by atoms with Crippen molar-refractivity contribution in [2.45, 2.75) is 50.2 Å². The highest BCUT2D eigenvalue weighted by Gasteiger charge is 2.23. The van der Waals surface area contributed by atoms with Crippen molar-refractivity contribution < 1.29 is 19.1 Å². The van der Waals surface area contributed by atoms with Crippen LogP contribution in [0.4, 0.5) is 0 Å². The second-order valence-electron chi connectivity index (χ2n) is 3.88. The predicted octanol–water partition coefficient (Wildman–Crippen LogP) is 2.11. The van der Waals surface area contributed by atoms with Gasteiger partial charge in [0, 0.05) is 19.1 Å². The highest BCUT2D eigenvalue weighted by atomic mass is 32.2. The lowest BCUT2D eigenvalue weighted by molar-refractivity contribution is -0.151. The van der Waals surface area contributed by atoms with Gasteiger partial charge >= 0.3 is 11.9 Å². The molecule has 1 saturated carbocycles. The Hall–Kier alpha value is -0.710. The van der Waals surface area contributed by atoms with E-state index in [1.807, 2.05) is 0 Å². The molecule has 92 valence electrons. The minimum atomic E-state index is -0.357. The van der Waals surface area contributed by atoms with Crippen LogP contribution in [0, 0.1) is 0 Å². The van der Waals surface area contributed by atoms with E-state index in [2.05, 4.69) is 0 Å². The highest BCUT2D eigenvalue weighted by molar-refractivity contribution is 8.00. The third kappa shape index (κ3) is 5.39. The van der Waals surface area contributed by atoms with Crippen molar-refractivity contribution in [1.82, 2.24) is 0 Å². The Kier molecular flexibility index (Phi) is 5.66. The molecule has 5 heteroatoms. The first-order valence-corrected chi connectivity index (χ1v) is 6.48. The lowest BCUT2D eigenvalue weighted by Crippen LogP contribution is -2.22. The van der Waals surface area contributed by atoms with E-state index < -0.39 is 0 Å². The van der Waals surface area contributed by atoms with Gasteiger partial charge in [0.1, 0.15) is 6.61 Å². The summed E-state index contributed by atoms with van der Waals surface area (Å²) in [5.74, 6) is -0.674. The number of ether oxygens (including phenoxy) is 2. The smallest absolute Gasteiger partial charge is 0.303 e. The van der Waals surface area contributed by atoms with E-state index in [1.165, 1.54) is 26.7 Å². The van der Waals surface area contributed by atoms with Crippen LogP contribution in [0.15, 0.2) is 0 Å². The minimum absolute atomic E-state index is 0.149. The molecule has 1 aliphatic rings. The van der Waals surface area contributed by atoms with Gasteiger partial charge in [0.2, 0.25) is 0 Å². The molecular formula is C11H18O4S. The summed E-state index contributed by atoms with van der Waals surface area (Å²) >= 11 is 1.60. The molecule has 1 atom stereocenters. The van der Waals surface area contributed by atoms with Crippen LogP contribution in [0.3, 0.4) is 0 Å². The summed E-state index contributed by atoms with van der Waals surface area (Å²) in [6, 6.07) is 0. The molecule has 0 aliphatic heterocycles. The van der Waals surface area contributed by atoms with Crippen molar-refractivity contribution in [3.05, 3.63) is 0 Å². The van der Waals surface area contributed by atoms with Crippen molar-refractivity contribution in [3.8, 4) is 0 Å². The molecule has 0 N–H and O–H groups in total. The van der Waals surface area contributed by atoms with Crippen LogP contribution in [-0.2, 0) is 19.1 Å². The van der Waals surface area contributed by atoms with E-state index in [9.17, 15) is 9.59 Å². The average Bonchev–Trinajstić information content (AvgIpc) is 2.66. The number of carbonyl (C=O) groups excluding carboxylic acids is 2. The Morgan fingerprint density at radius 2 is 1.88 bits per heavy atom. The molecule has 0 aromatic heterocycles. The van der Waals surface area contributed by atoms with Gasteiger partial charge in [0.05, 0.1) is 0 Å². The van der Waals surface area contributed by atoms with Gasteiger partial charge in [-0.3, -0.25) is 9.59 Å². The predicted molar refractivity (Wildman–Crippen MR) is 62.0 cm³/mol. The number of rotatable bonds is 5. The Morgan fingerprint density at radius 3 is 2.38 bits per heavy atom. The minimum Gasteiger partial charge on any atom is -0.461 e. The van der Waals surface area contributed by atoms with Gasteiger partial charge in [0.25, 0.3) is 0 Å². The summed E-state index contributed by atoms with van der Waals surface area (Å²) in [5.41, 5.74) is -0.357. The first kappa shape index (κ1) is 13.4. The largest absolute Gasteiger partial charge is 0.461 e. The second kappa shape index (κ2) is 6.78. The molecule has 16 heavy (non-hydrogen) atoms. The van der Waals surface area contributed by atoms with E-state index >= 15 is 0 Å². The van der Waals surface area contributed by atoms with Crippen LogP contribution in [0.1, 0.15) is 39.5 Å². The molecule has 1 aliphatic carbocycles. The molecular weight excluding hydrogens is 228 g/mol. The number of hydrogen-bond donors (Lipinski definition) is 0. The first-order chi connectivity index (χ1) is 7.58. The van der Waals surface area contributed by atoms with Crippen molar-refractivity contribution >= 4 is 23.7 Å². The first-order valence-electron chi connectivity index (χ1n) is 5.54. The average molecular weight is 246 g/mol. The van der Waals surface area contributed by atoms with Crippen molar-refractivity contribution in [1.29, 1.82) is 0 Å². The van der Waals surface area contributed by atoms with Gasteiger partial charge in [-0.2, -0.15) is 0 Å². The van der Waals surface area contributed by atoms with E-state index in [4.69, 9.17) is 9.47 Å². The second-order valence-corrected chi connectivity index (χ2v) is 5.35. The standard InChI is InChI=1S/C11H18O4S/c1-8(12)14-7-11(15-9(2)13)16-10-5-3-4-6-10/h10-11H,3-7H2,1-2H3. The monoisotopic (exact) mass is 246 g/mol. The Morgan fingerprint density at radius 1 is 1.25 bits per heavy atom. The van der Waals surface area contributed by atoms with Gasteiger partial charge < -0.3 is 9.47 Å². The molecule has 1 rings (SSSR count). The van der Waals surface area contributed by atoms with Crippen molar-refractivity contribution in [2.24, 2.45) is 0 Å². The number of hydrogen-bond acceptors (Lipinski definition) is 5.